The van der Waals surface area contributed by atoms with Gasteiger partial charge in [-0.25, -0.2) is 0 Å². The lowest BCUT2D eigenvalue weighted by atomic mass is 10.2. The Kier molecular flexibility index (Phi) is 8.40. The molecule has 7 nitrogen and oxygen atoms in total. The quantitative estimate of drug-likeness (QED) is 0.202. The third-order valence-electron chi connectivity index (χ3n) is 3.13. The molecule has 0 spiro atoms. The summed E-state index contributed by atoms with van der Waals surface area (Å²) in [5, 5.41) is 16.7. The van der Waals surface area contributed by atoms with Crippen molar-refractivity contribution in [3.8, 4) is 0 Å². The summed E-state index contributed by atoms with van der Waals surface area (Å²) in [7, 11) is 0. The molecule has 0 aliphatic rings. The molecule has 0 unspecified atom stereocenters. The first-order chi connectivity index (χ1) is 10.6. The highest BCUT2D eigenvalue weighted by Gasteiger charge is 2.03. The fourth-order valence-electron chi connectivity index (χ4n) is 1.89. The molecule has 0 saturated heterocycles. The number of nitro groups is 1. The summed E-state index contributed by atoms with van der Waals surface area (Å²) in [6.07, 6.45) is 4.71. The number of unbranched alkanes of at least 4 members (excludes halogenated alkanes) is 3. The van der Waals surface area contributed by atoms with Crippen molar-refractivity contribution >= 4 is 17.3 Å². The van der Waals surface area contributed by atoms with Crippen LogP contribution in [0, 0.1) is 10.1 Å². The van der Waals surface area contributed by atoms with Crippen LogP contribution in [-0.2, 0) is 0 Å². The number of nitrogens with zero attached hydrogens (tertiary/aromatic N) is 2. The lowest BCUT2D eigenvalue weighted by Gasteiger charge is -2.08. The summed E-state index contributed by atoms with van der Waals surface area (Å²) in [5.41, 5.74) is 6.68. The van der Waals surface area contributed by atoms with Gasteiger partial charge in [0, 0.05) is 37.5 Å². The number of guanidine groups is 1. The first-order valence-electron chi connectivity index (χ1n) is 7.65. The second kappa shape index (κ2) is 10.4. The standard InChI is InChI=1S/C15H25N5O2/c1-2-3-4-5-10-18-15(16)19-12-11-17-13-6-8-14(9-7-13)20(21)22/h6-9,17H,2-5,10-12H2,1H3,(H3,16,18,19). The normalized spacial score (nSPS) is 11.2. The maximum atomic E-state index is 10.5. The number of nitrogens with one attached hydrogen (secondary N) is 2. The molecule has 0 aliphatic carbocycles. The summed E-state index contributed by atoms with van der Waals surface area (Å²) in [6.45, 7) is 4.23. The number of hydrogen-bond acceptors (Lipinski definition) is 4. The number of rotatable bonds is 10. The molecular formula is C15H25N5O2. The van der Waals surface area contributed by atoms with Crippen molar-refractivity contribution in [1.29, 1.82) is 0 Å². The van der Waals surface area contributed by atoms with E-state index in [0.717, 1.165) is 18.7 Å². The fourth-order valence-corrected chi connectivity index (χ4v) is 1.89. The zero-order valence-electron chi connectivity index (χ0n) is 13.0. The van der Waals surface area contributed by atoms with Gasteiger partial charge in [0.05, 0.1) is 4.92 Å². The van der Waals surface area contributed by atoms with Crippen molar-refractivity contribution in [3.63, 3.8) is 0 Å². The van der Waals surface area contributed by atoms with Gasteiger partial charge >= 0.3 is 0 Å². The molecule has 1 aromatic carbocycles. The minimum atomic E-state index is -0.414. The molecule has 7 heteroatoms. The van der Waals surface area contributed by atoms with Crippen molar-refractivity contribution in [1.82, 2.24) is 5.32 Å². The average molecular weight is 307 g/mol. The highest BCUT2D eigenvalue weighted by Crippen LogP contribution is 2.14. The lowest BCUT2D eigenvalue weighted by Crippen LogP contribution is -2.35. The van der Waals surface area contributed by atoms with Gasteiger partial charge in [-0.1, -0.05) is 26.2 Å². The first-order valence-corrected chi connectivity index (χ1v) is 7.65. The monoisotopic (exact) mass is 307 g/mol. The lowest BCUT2D eigenvalue weighted by molar-refractivity contribution is -0.384. The van der Waals surface area contributed by atoms with E-state index < -0.39 is 4.92 Å². The molecule has 0 fully saturated rings. The summed E-state index contributed by atoms with van der Waals surface area (Å²) in [5.74, 6) is 0.460. The number of hydrogen-bond donors (Lipinski definition) is 3. The van der Waals surface area contributed by atoms with Crippen LogP contribution in [0.4, 0.5) is 11.4 Å². The van der Waals surface area contributed by atoms with Crippen molar-refractivity contribution in [3.05, 3.63) is 34.4 Å². The van der Waals surface area contributed by atoms with Crippen LogP contribution in [0.25, 0.3) is 0 Å². The SMILES string of the molecule is CCCCCCN=C(N)NCCNc1ccc([N+](=O)[O-])cc1. The van der Waals surface area contributed by atoms with Crippen LogP contribution in [0.2, 0.25) is 0 Å². The Hall–Kier alpha value is -2.31. The number of nitro benzene ring substituents is 1. The summed E-state index contributed by atoms with van der Waals surface area (Å²) in [6, 6.07) is 6.32. The Balaban J connectivity index is 2.16. The van der Waals surface area contributed by atoms with E-state index in [1.807, 2.05) is 0 Å². The van der Waals surface area contributed by atoms with E-state index in [-0.39, 0.29) is 5.69 Å². The fraction of sp³-hybridized carbons (Fsp3) is 0.533. The number of aliphatic imine (C=N–C) groups is 1. The van der Waals surface area contributed by atoms with Gasteiger partial charge in [-0.2, -0.15) is 0 Å². The van der Waals surface area contributed by atoms with Crippen LogP contribution in [-0.4, -0.2) is 30.5 Å². The van der Waals surface area contributed by atoms with Gasteiger partial charge in [-0.05, 0) is 18.6 Å². The highest BCUT2D eigenvalue weighted by molar-refractivity contribution is 5.77. The van der Waals surface area contributed by atoms with Crippen LogP contribution in [0.3, 0.4) is 0 Å². The van der Waals surface area contributed by atoms with Gasteiger partial charge in [0.1, 0.15) is 0 Å². The summed E-state index contributed by atoms with van der Waals surface area (Å²) >= 11 is 0. The Morgan fingerprint density at radius 3 is 2.59 bits per heavy atom. The third-order valence-corrected chi connectivity index (χ3v) is 3.13. The molecule has 1 rings (SSSR count). The van der Waals surface area contributed by atoms with Crippen LogP contribution in [0.1, 0.15) is 32.6 Å². The highest BCUT2D eigenvalue weighted by atomic mass is 16.6. The zero-order valence-corrected chi connectivity index (χ0v) is 13.0. The number of benzene rings is 1. The van der Waals surface area contributed by atoms with Gasteiger partial charge < -0.3 is 16.4 Å². The molecule has 0 bridgehead atoms. The van der Waals surface area contributed by atoms with E-state index in [1.165, 1.54) is 31.4 Å². The summed E-state index contributed by atoms with van der Waals surface area (Å²) < 4.78 is 0. The molecule has 0 radical (unpaired) electrons. The molecule has 0 heterocycles. The predicted octanol–water partition coefficient (Wildman–Crippen LogP) is 2.49. The maximum absolute atomic E-state index is 10.5. The Morgan fingerprint density at radius 2 is 1.95 bits per heavy atom. The Morgan fingerprint density at radius 1 is 1.23 bits per heavy atom. The van der Waals surface area contributed by atoms with E-state index in [0.29, 0.717) is 19.0 Å². The second-order valence-electron chi connectivity index (χ2n) is 4.99. The van der Waals surface area contributed by atoms with Gasteiger partial charge in [0.25, 0.3) is 5.69 Å². The molecule has 0 aliphatic heterocycles. The van der Waals surface area contributed by atoms with Gasteiger partial charge in [0.15, 0.2) is 5.96 Å². The van der Waals surface area contributed by atoms with Gasteiger partial charge in [-0.15, -0.1) is 0 Å². The number of anilines is 1. The summed E-state index contributed by atoms with van der Waals surface area (Å²) in [4.78, 5) is 14.4. The van der Waals surface area contributed by atoms with Crippen molar-refractivity contribution in [2.24, 2.45) is 10.7 Å². The molecule has 122 valence electrons. The molecule has 0 amide bonds. The zero-order chi connectivity index (χ0) is 16.2. The van der Waals surface area contributed by atoms with Crippen LogP contribution in [0.15, 0.2) is 29.3 Å². The largest absolute Gasteiger partial charge is 0.383 e. The van der Waals surface area contributed by atoms with Crippen LogP contribution < -0.4 is 16.4 Å². The van der Waals surface area contributed by atoms with E-state index in [4.69, 9.17) is 5.73 Å². The molecule has 0 aromatic heterocycles. The minimum absolute atomic E-state index is 0.0862. The van der Waals surface area contributed by atoms with E-state index in [2.05, 4.69) is 22.5 Å². The number of non-ortho nitro benzene ring substituents is 1. The molecular weight excluding hydrogens is 282 g/mol. The third kappa shape index (κ3) is 7.47. The van der Waals surface area contributed by atoms with Crippen molar-refractivity contribution < 1.29 is 4.92 Å². The molecule has 22 heavy (non-hydrogen) atoms. The topological polar surface area (TPSA) is 106 Å². The minimum Gasteiger partial charge on any atom is -0.383 e. The second-order valence-corrected chi connectivity index (χ2v) is 4.99. The van der Waals surface area contributed by atoms with Gasteiger partial charge in [-0.3, -0.25) is 15.1 Å². The Bertz CT molecular complexity index is 473. The van der Waals surface area contributed by atoms with Gasteiger partial charge in [0.2, 0.25) is 0 Å². The maximum Gasteiger partial charge on any atom is 0.269 e. The molecule has 0 atom stereocenters. The van der Waals surface area contributed by atoms with Crippen molar-refractivity contribution in [2.75, 3.05) is 25.0 Å². The van der Waals surface area contributed by atoms with E-state index in [1.54, 1.807) is 12.1 Å². The average Bonchev–Trinajstić information content (AvgIpc) is 2.52. The van der Waals surface area contributed by atoms with E-state index in [9.17, 15) is 10.1 Å². The Labute approximate surface area is 131 Å². The first kappa shape index (κ1) is 17.7. The smallest absolute Gasteiger partial charge is 0.269 e. The molecule has 1 aromatic rings. The van der Waals surface area contributed by atoms with Crippen molar-refractivity contribution in [2.45, 2.75) is 32.6 Å². The van der Waals surface area contributed by atoms with Crippen LogP contribution >= 0.6 is 0 Å². The molecule has 0 saturated carbocycles. The van der Waals surface area contributed by atoms with E-state index >= 15 is 0 Å². The van der Waals surface area contributed by atoms with Crippen LogP contribution in [0.5, 0.6) is 0 Å². The number of nitrogens with two attached hydrogens (primary N) is 1. The molecule has 4 N–H and O–H groups in total. The predicted molar refractivity (Wildman–Crippen MR) is 90.2 cm³/mol.